The van der Waals surface area contributed by atoms with Gasteiger partial charge in [0.2, 0.25) is 0 Å². The second-order valence-corrected chi connectivity index (χ2v) is 6.34. The third kappa shape index (κ3) is 5.85. The van der Waals surface area contributed by atoms with E-state index in [-0.39, 0.29) is 17.1 Å². The molecule has 1 amide bonds. The molecule has 0 aliphatic rings. The summed E-state index contributed by atoms with van der Waals surface area (Å²) in [6.45, 7) is 1.45. The van der Waals surface area contributed by atoms with Gasteiger partial charge in [-0.2, -0.15) is 0 Å². The van der Waals surface area contributed by atoms with Crippen LogP contribution in [0.1, 0.15) is 18.9 Å². The molecule has 2 rings (SSSR count). The van der Waals surface area contributed by atoms with Crippen molar-refractivity contribution in [1.82, 2.24) is 0 Å². The predicted octanol–water partition coefficient (Wildman–Crippen LogP) is 4.00. The van der Waals surface area contributed by atoms with Gasteiger partial charge in [-0.15, -0.1) is 0 Å². The number of amides is 1. The first kappa shape index (κ1) is 21.5. The zero-order valence-corrected chi connectivity index (χ0v) is 16.5. The van der Waals surface area contributed by atoms with E-state index in [1.807, 2.05) is 6.07 Å². The number of benzene rings is 2. The molecule has 150 valence electrons. The van der Waals surface area contributed by atoms with Gasteiger partial charge in [-0.25, -0.2) is 4.39 Å². The second-order valence-electron chi connectivity index (χ2n) is 5.93. The molecule has 0 saturated heterocycles. The molecule has 8 heteroatoms. The lowest BCUT2D eigenvalue weighted by Crippen LogP contribution is -2.30. The fourth-order valence-corrected chi connectivity index (χ4v) is 2.63. The van der Waals surface area contributed by atoms with Crippen molar-refractivity contribution in [1.29, 1.82) is 0 Å². The molecule has 1 unspecified atom stereocenters. The average molecular weight is 410 g/mol. The van der Waals surface area contributed by atoms with Crippen LogP contribution >= 0.6 is 11.6 Å². The van der Waals surface area contributed by atoms with E-state index in [2.05, 4.69) is 5.32 Å². The minimum Gasteiger partial charge on any atom is -0.493 e. The standard InChI is InChI=1S/C20H21ClFNO5/c1-12(20(25)23-16-7-6-14(22)11-15(16)21)28-19(24)9-5-13-4-8-17(26-2)18(10-13)27-3/h4,6-8,10-12H,5,9H2,1-3H3,(H,23,25). The van der Waals surface area contributed by atoms with Crippen molar-refractivity contribution in [3.63, 3.8) is 0 Å². The number of hydrogen-bond acceptors (Lipinski definition) is 5. The summed E-state index contributed by atoms with van der Waals surface area (Å²) in [7, 11) is 3.07. The number of hydrogen-bond donors (Lipinski definition) is 1. The van der Waals surface area contributed by atoms with Crippen LogP contribution in [0.25, 0.3) is 0 Å². The molecule has 28 heavy (non-hydrogen) atoms. The molecular weight excluding hydrogens is 389 g/mol. The van der Waals surface area contributed by atoms with Gasteiger partial charge in [-0.05, 0) is 49.2 Å². The Labute approximate surface area is 167 Å². The summed E-state index contributed by atoms with van der Waals surface area (Å²) >= 11 is 5.87. The third-order valence-corrected chi connectivity index (χ3v) is 4.24. The molecule has 2 aromatic carbocycles. The predicted molar refractivity (Wildman–Crippen MR) is 103 cm³/mol. The number of esters is 1. The van der Waals surface area contributed by atoms with Crippen LogP contribution < -0.4 is 14.8 Å². The lowest BCUT2D eigenvalue weighted by atomic mass is 10.1. The topological polar surface area (TPSA) is 73.9 Å². The van der Waals surface area contributed by atoms with Crippen molar-refractivity contribution < 1.29 is 28.2 Å². The Kier molecular flexibility index (Phi) is 7.63. The van der Waals surface area contributed by atoms with Crippen LogP contribution in [0.5, 0.6) is 11.5 Å². The first-order valence-electron chi connectivity index (χ1n) is 8.50. The second kappa shape index (κ2) is 9.94. The number of halogens is 2. The van der Waals surface area contributed by atoms with E-state index in [0.29, 0.717) is 17.9 Å². The zero-order valence-electron chi connectivity index (χ0n) is 15.8. The Morgan fingerprint density at radius 3 is 2.46 bits per heavy atom. The monoisotopic (exact) mass is 409 g/mol. The number of carbonyl (C=O) groups excluding carboxylic acids is 2. The molecule has 2 aromatic rings. The number of nitrogens with one attached hydrogen (secondary N) is 1. The van der Waals surface area contributed by atoms with Crippen molar-refractivity contribution in [2.75, 3.05) is 19.5 Å². The van der Waals surface area contributed by atoms with Crippen LogP contribution in [-0.2, 0) is 20.7 Å². The number of carbonyl (C=O) groups is 2. The highest BCUT2D eigenvalue weighted by Crippen LogP contribution is 2.28. The van der Waals surface area contributed by atoms with Crippen LogP contribution in [0.4, 0.5) is 10.1 Å². The number of rotatable bonds is 8. The first-order chi connectivity index (χ1) is 13.3. The fraction of sp³-hybridized carbons (Fsp3) is 0.300. The zero-order chi connectivity index (χ0) is 20.7. The van der Waals surface area contributed by atoms with E-state index in [9.17, 15) is 14.0 Å². The lowest BCUT2D eigenvalue weighted by Gasteiger charge is -2.14. The van der Waals surface area contributed by atoms with Gasteiger partial charge in [0.05, 0.1) is 24.9 Å². The van der Waals surface area contributed by atoms with Gasteiger partial charge in [0.15, 0.2) is 17.6 Å². The van der Waals surface area contributed by atoms with Crippen LogP contribution in [0.15, 0.2) is 36.4 Å². The molecule has 0 aliphatic carbocycles. The van der Waals surface area contributed by atoms with Gasteiger partial charge in [-0.3, -0.25) is 9.59 Å². The van der Waals surface area contributed by atoms with Gasteiger partial charge in [0, 0.05) is 6.42 Å². The van der Waals surface area contributed by atoms with E-state index in [4.69, 9.17) is 25.8 Å². The highest BCUT2D eigenvalue weighted by molar-refractivity contribution is 6.33. The van der Waals surface area contributed by atoms with Crippen LogP contribution in [-0.4, -0.2) is 32.2 Å². The van der Waals surface area contributed by atoms with Crippen molar-refractivity contribution in [2.45, 2.75) is 25.9 Å². The van der Waals surface area contributed by atoms with Crippen LogP contribution in [0, 0.1) is 5.82 Å². The number of methoxy groups -OCH3 is 2. The molecule has 1 N–H and O–H groups in total. The Bertz CT molecular complexity index is 858. The summed E-state index contributed by atoms with van der Waals surface area (Å²) in [6, 6.07) is 8.93. The molecule has 0 spiro atoms. The maximum absolute atomic E-state index is 13.0. The SMILES string of the molecule is COc1ccc(CCC(=O)OC(C)C(=O)Nc2ccc(F)cc2Cl)cc1OC. The smallest absolute Gasteiger partial charge is 0.306 e. The molecule has 0 radical (unpaired) electrons. The van der Waals surface area contributed by atoms with Gasteiger partial charge in [-0.1, -0.05) is 17.7 Å². The quantitative estimate of drug-likeness (QED) is 0.667. The van der Waals surface area contributed by atoms with E-state index < -0.39 is 23.8 Å². The molecule has 0 fully saturated rings. The van der Waals surface area contributed by atoms with E-state index >= 15 is 0 Å². The van der Waals surface area contributed by atoms with Crippen molar-refractivity contribution in [3.8, 4) is 11.5 Å². The number of aryl methyl sites for hydroxylation is 1. The molecule has 0 heterocycles. The molecule has 6 nitrogen and oxygen atoms in total. The molecule has 0 aliphatic heterocycles. The lowest BCUT2D eigenvalue weighted by molar-refractivity contribution is -0.153. The maximum atomic E-state index is 13.0. The summed E-state index contributed by atoms with van der Waals surface area (Å²) in [5.74, 6) is -0.441. The van der Waals surface area contributed by atoms with E-state index in [1.54, 1.807) is 19.2 Å². The summed E-state index contributed by atoms with van der Waals surface area (Å²) in [6.07, 6.45) is -0.527. The Morgan fingerprint density at radius 1 is 1.11 bits per heavy atom. The maximum Gasteiger partial charge on any atom is 0.306 e. The Hall–Kier alpha value is -2.80. The van der Waals surface area contributed by atoms with E-state index in [0.717, 1.165) is 11.6 Å². The van der Waals surface area contributed by atoms with Crippen molar-refractivity contribution in [2.24, 2.45) is 0 Å². The Balaban J connectivity index is 1.87. The van der Waals surface area contributed by atoms with Gasteiger partial charge >= 0.3 is 5.97 Å². The molecule has 0 saturated carbocycles. The van der Waals surface area contributed by atoms with Gasteiger partial charge < -0.3 is 19.5 Å². The van der Waals surface area contributed by atoms with Gasteiger partial charge in [0.1, 0.15) is 5.82 Å². The largest absolute Gasteiger partial charge is 0.493 e. The van der Waals surface area contributed by atoms with Crippen molar-refractivity contribution in [3.05, 3.63) is 52.8 Å². The fourth-order valence-electron chi connectivity index (χ4n) is 2.42. The minimum atomic E-state index is -1.03. The van der Waals surface area contributed by atoms with E-state index in [1.165, 1.54) is 26.2 Å². The first-order valence-corrected chi connectivity index (χ1v) is 8.88. The third-order valence-electron chi connectivity index (χ3n) is 3.93. The number of anilines is 1. The molecule has 0 bridgehead atoms. The minimum absolute atomic E-state index is 0.0559. The molecule has 0 aromatic heterocycles. The Morgan fingerprint density at radius 2 is 1.82 bits per heavy atom. The average Bonchev–Trinajstić information content (AvgIpc) is 2.68. The molecular formula is C20H21ClFNO5. The summed E-state index contributed by atoms with van der Waals surface area (Å²) < 4.78 is 28.6. The molecule has 1 atom stereocenters. The number of ether oxygens (including phenoxy) is 3. The van der Waals surface area contributed by atoms with Crippen LogP contribution in [0.3, 0.4) is 0 Å². The van der Waals surface area contributed by atoms with Crippen molar-refractivity contribution >= 4 is 29.2 Å². The normalized spacial score (nSPS) is 11.5. The summed E-state index contributed by atoms with van der Waals surface area (Å²) in [5, 5.41) is 2.55. The summed E-state index contributed by atoms with van der Waals surface area (Å²) in [5.41, 5.74) is 1.10. The van der Waals surface area contributed by atoms with Gasteiger partial charge in [0.25, 0.3) is 5.91 Å². The summed E-state index contributed by atoms with van der Waals surface area (Å²) in [4.78, 5) is 24.2. The highest BCUT2D eigenvalue weighted by Gasteiger charge is 2.19. The van der Waals surface area contributed by atoms with Crippen LogP contribution in [0.2, 0.25) is 5.02 Å². The highest BCUT2D eigenvalue weighted by atomic mass is 35.5.